The van der Waals surface area contributed by atoms with Crippen molar-refractivity contribution < 1.29 is 9.18 Å². The standard InChI is InChI=1S/C20H19FN2O/c1-13-2-4-14(5-3-13)10-20(24)23-9-8-16-17-11-15(21)6-7-18(17)22-19(16)12-23/h2-7,11,22H,8-10,12H2,1H3. The van der Waals surface area contributed by atoms with Gasteiger partial charge in [0.1, 0.15) is 5.82 Å². The zero-order chi connectivity index (χ0) is 16.7. The highest BCUT2D eigenvalue weighted by Crippen LogP contribution is 2.28. The third-order valence-corrected chi connectivity index (χ3v) is 4.77. The summed E-state index contributed by atoms with van der Waals surface area (Å²) >= 11 is 0. The first kappa shape index (κ1) is 14.9. The van der Waals surface area contributed by atoms with Crippen molar-refractivity contribution in [1.29, 1.82) is 0 Å². The largest absolute Gasteiger partial charge is 0.357 e. The van der Waals surface area contributed by atoms with Crippen molar-refractivity contribution in [3.8, 4) is 0 Å². The zero-order valence-electron chi connectivity index (χ0n) is 13.6. The Morgan fingerprint density at radius 3 is 2.79 bits per heavy atom. The van der Waals surface area contributed by atoms with Crippen molar-refractivity contribution in [3.63, 3.8) is 0 Å². The van der Waals surface area contributed by atoms with Crippen LogP contribution in [0, 0.1) is 12.7 Å². The number of aromatic nitrogens is 1. The number of nitrogens with one attached hydrogen (secondary N) is 1. The van der Waals surface area contributed by atoms with E-state index in [-0.39, 0.29) is 11.7 Å². The molecule has 122 valence electrons. The van der Waals surface area contributed by atoms with Gasteiger partial charge in [-0.05, 0) is 42.7 Å². The van der Waals surface area contributed by atoms with E-state index in [1.54, 1.807) is 12.1 Å². The minimum atomic E-state index is -0.220. The van der Waals surface area contributed by atoms with Crippen molar-refractivity contribution >= 4 is 16.8 Å². The molecule has 1 aromatic heterocycles. The number of aryl methyl sites for hydroxylation is 1. The third-order valence-electron chi connectivity index (χ3n) is 4.77. The fourth-order valence-electron chi connectivity index (χ4n) is 3.42. The van der Waals surface area contributed by atoms with E-state index in [9.17, 15) is 9.18 Å². The summed E-state index contributed by atoms with van der Waals surface area (Å²) in [6.45, 7) is 3.29. The number of nitrogens with zero attached hydrogens (tertiary/aromatic N) is 1. The lowest BCUT2D eigenvalue weighted by molar-refractivity contribution is -0.131. The number of carbonyl (C=O) groups excluding carboxylic acids is 1. The van der Waals surface area contributed by atoms with Gasteiger partial charge in [0.25, 0.3) is 0 Å². The molecule has 0 saturated heterocycles. The monoisotopic (exact) mass is 322 g/mol. The van der Waals surface area contributed by atoms with E-state index in [4.69, 9.17) is 0 Å². The van der Waals surface area contributed by atoms with Gasteiger partial charge in [0.15, 0.2) is 0 Å². The van der Waals surface area contributed by atoms with E-state index in [0.717, 1.165) is 34.1 Å². The Morgan fingerprint density at radius 1 is 1.21 bits per heavy atom. The quantitative estimate of drug-likeness (QED) is 0.766. The summed E-state index contributed by atoms with van der Waals surface area (Å²) in [5, 5.41) is 0.940. The van der Waals surface area contributed by atoms with Crippen LogP contribution in [0.15, 0.2) is 42.5 Å². The molecule has 4 heteroatoms. The van der Waals surface area contributed by atoms with Crippen LogP contribution in [0.3, 0.4) is 0 Å². The topological polar surface area (TPSA) is 36.1 Å². The van der Waals surface area contributed by atoms with E-state index in [0.29, 0.717) is 19.5 Å². The van der Waals surface area contributed by atoms with Gasteiger partial charge < -0.3 is 9.88 Å². The molecule has 0 atom stereocenters. The highest BCUT2D eigenvalue weighted by molar-refractivity contribution is 5.86. The van der Waals surface area contributed by atoms with Crippen LogP contribution in [-0.4, -0.2) is 22.3 Å². The molecule has 3 aromatic rings. The SMILES string of the molecule is Cc1ccc(CC(=O)N2CCc3c([nH]c4ccc(F)cc34)C2)cc1. The molecule has 2 heterocycles. The van der Waals surface area contributed by atoms with Crippen LogP contribution in [0.25, 0.3) is 10.9 Å². The van der Waals surface area contributed by atoms with E-state index in [1.165, 1.54) is 11.6 Å². The van der Waals surface area contributed by atoms with Crippen LogP contribution in [0.1, 0.15) is 22.4 Å². The fraction of sp³-hybridized carbons (Fsp3) is 0.250. The van der Waals surface area contributed by atoms with Gasteiger partial charge in [0, 0.05) is 23.1 Å². The Bertz CT molecular complexity index is 911. The Balaban J connectivity index is 1.54. The number of aromatic amines is 1. The molecule has 0 bridgehead atoms. The highest BCUT2D eigenvalue weighted by Gasteiger charge is 2.24. The van der Waals surface area contributed by atoms with Crippen LogP contribution in [0.2, 0.25) is 0 Å². The second-order valence-corrected chi connectivity index (χ2v) is 6.50. The lowest BCUT2D eigenvalue weighted by Crippen LogP contribution is -2.36. The minimum absolute atomic E-state index is 0.134. The van der Waals surface area contributed by atoms with E-state index in [2.05, 4.69) is 4.98 Å². The Kier molecular flexibility index (Phi) is 3.60. The summed E-state index contributed by atoms with van der Waals surface area (Å²) in [6, 6.07) is 12.9. The summed E-state index contributed by atoms with van der Waals surface area (Å²) in [4.78, 5) is 17.8. The summed E-state index contributed by atoms with van der Waals surface area (Å²) in [5.41, 5.74) is 5.34. The molecule has 24 heavy (non-hydrogen) atoms. The first-order valence-corrected chi connectivity index (χ1v) is 8.22. The molecule has 3 nitrogen and oxygen atoms in total. The van der Waals surface area contributed by atoms with Gasteiger partial charge in [-0.25, -0.2) is 4.39 Å². The van der Waals surface area contributed by atoms with E-state index < -0.39 is 0 Å². The van der Waals surface area contributed by atoms with Gasteiger partial charge in [0.05, 0.1) is 13.0 Å². The maximum Gasteiger partial charge on any atom is 0.227 e. The molecule has 0 fully saturated rings. The van der Waals surface area contributed by atoms with E-state index >= 15 is 0 Å². The Morgan fingerprint density at radius 2 is 2.00 bits per heavy atom. The van der Waals surface area contributed by atoms with Crippen molar-refractivity contribution in [2.45, 2.75) is 26.3 Å². The molecule has 1 amide bonds. The normalized spacial score (nSPS) is 14.0. The summed E-state index contributed by atoms with van der Waals surface area (Å²) in [7, 11) is 0. The molecular formula is C20H19FN2O. The van der Waals surface area contributed by atoms with Crippen molar-refractivity contribution in [2.24, 2.45) is 0 Å². The van der Waals surface area contributed by atoms with Crippen molar-refractivity contribution in [1.82, 2.24) is 9.88 Å². The lowest BCUT2D eigenvalue weighted by Gasteiger charge is -2.27. The average Bonchev–Trinajstić information content (AvgIpc) is 2.94. The molecule has 1 aliphatic heterocycles. The van der Waals surface area contributed by atoms with Gasteiger partial charge in [-0.2, -0.15) is 0 Å². The number of amides is 1. The molecule has 0 radical (unpaired) electrons. The summed E-state index contributed by atoms with van der Waals surface area (Å²) in [5.74, 6) is -0.0866. The number of carbonyl (C=O) groups is 1. The number of halogens is 1. The third kappa shape index (κ3) is 2.68. The van der Waals surface area contributed by atoms with Crippen molar-refractivity contribution in [2.75, 3.05) is 6.54 Å². The first-order chi connectivity index (χ1) is 11.6. The van der Waals surface area contributed by atoms with Crippen LogP contribution in [0.4, 0.5) is 4.39 Å². The summed E-state index contributed by atoms with van der Waals surface area (Å²) in [6.07, 6.45) is 1.18. The predicted molar refractivity (Wildman–Crippen MR) is 92.3 cm³/mol. The van der Waals surface area contributed by atoms with Crippen molar-refractivity contribution in [3.05, 3.63) is 70.7 Å². The van der Waals surface area contributed by atoms with Gasteiger partial charge >= 0.3 is 0 Å². The highest BCUT2D eigenvalue weighted by atomic mass is 19.1. The minimum Gasteiger partial charge on any atom is -0.357 e. The molecule has 0 aliphatic carbocycles. The Hall–Kier alpha value is -2.62. The Labute approximate surface area is 140 Å². The summed E-state index contributed by atoms with van der Waals surface area (Å²) < 4.78 is 13.5. The maximum absolute atomic E-state index is 13.5. The number of fused-ring (bicyclic) bond motifs is 3. The molecule has 2 aromatic carbocycles. The smallest absolute Gasteiger partial charge is 0.227 e. The predicted octanol–water partition coefficient (Wildman–Crippen LogP) is 3.74. The molecule has 1 aliphatic rings. The average molecular weight is 322 g/mol. The maximum atomic E-state index is 13.5. The molecule has 0 spiro atoms. The number of hydrogen-bond donors (Lipinski definition) is 1. The number of hydrogen-bond acceptors (Lipinski definition) is 1. The molecule has 0 saturated carbocycles. The van der Waals surface area contributed by atoms with Crippen LogP contribution < -0.4 is 0 Å². The van der Waals surface area contributed by atoms with Gasteiger partial charge in [0.2, 0.25) is 5.91 Å². The van der Waals surface area contributed by atoms with E-state index in [1.807, 2.05) is 36.1 Å². The van der Waals surface area contributed by atoms with Crippen LogP contribution in [-0.2, 0) is 24.2 Å². The molecule has 4 rings (SSSR count). The van der Waals surface area contributed by atoms with Gasteiger partial charge in [-0.3, -0.25) is 4.79 Å². The number of benzene rings is 2. The van der Waals surface area contributed by atoms with Gasteiger partial charge in [-0.1, -0.05) is 29.8 Å². The second-order valence-electron chi connectivity index (χ2n) is 6.50. The molecule has 1 N–H and O–H groups in total. The van der Waals surface area contributed by atoms with Gasteiger partial charge in [-0.15, -0.1) is 0 Å². The molecular weight excluding hydrogens is 303 g/mol. The lowest BCUT2D eigenvalue weighted by atomic mass is 10.0. The molecule has 0 unspecified atom stereocenters. The van der Waals surface area contributed by atoms with Crippen LogP contribution in [0.5, 0.6) is 0 Å². The number of H-pyrrole nitrogens is 1. The fourth-order valence-corrected chi connectivity index (χ4v) is 3.42. The second kappa shape index (κ2) is 5.78. The first-order valence-electron chi connectivity index (χ1n) is 8.22. The zero-order valence-corrected chi connectivity index (χ0v) is 13.6. The van der Waals surface area contributed by atoms with Crippen LogP contribution >= 0.6 is 0 Å². The number of rotatable bonds is 2.